The SMILES string of the molecule is NC(=O)[Si]O. The van der Waals surface area contributed by atoms with Crippen LogP contribution in [-0.2, 0) is 0 Å². The molecule has 0 unspecified atom stereocenters. The molecule has 2 radical (unpaired) electrons. The number of rotatable bonds is 1. The van der Waals surface area contributed by atoms with Crippen LogP contribution in [0, 0.1) is 0 Å². The van der Waals surface area contributed by atoms with E-state index in [1.165, 1.54) is 0 Å². The third-order valence-corrected chi connectivity index (χ3v) is 0.331. The van der Waals surface area contributed by atoms with E-state index in [-0.39, 0.29) is 0 Å². The summed E-state index contributed by atoms with van der Waals surface area (Å²) >= 11 is 0. The Bertz CT molecular complexity index is 44.9. The average Bonchev–Trinajstić information content (AvgIpc) is 1.38. The van der Waals surface area contributed by atoms with Gasteiger partial charge in [0.05, 0.1) is 0 Å². The van der Waals surface area contributed by atoms with Gasteiger partial charge >= 0.3 is 9.76 Å². The number of hydrogen-bond acceptors (Lipinski definition) is 2. The normalized spacial score (nSPS) is 7.40. The zero-order chi connectivity index (χ0) is 4.28. The van der Waals surface area contributed by atoms with Crippen LogP contribution in [0.1, 0.15) is 0 Å². The number of carbonyl (C=O) groups excluding carboxylic acids is 1. The Morgan fingerprint density at radius 2 is 2.20 bits per heavy atom. The fourth-order valence-electron chi connectivity index (χ4n) is 0. The molecule has 0 aliphatic heterocycles. The smallest absolute Gasteiger partial charge is 0.344 e. The second-order valence-electron chi connectivity index (χ2n) is 0.476. The largest absolute Gasteiger partial charge is 0.424 e. The Kier molecular flexibility index (Phi) is 1.79. The third-order valence-electron chi connectivity index (χ3n) is 0.110. The summed E-state index contributed by atoms with van der Waals surface area (Å²) in [5, 5.41) is 0. The van der Waals surface area contributed by atoms with Crippen LogP contribution in [0.4, 0.5) is 4.79 Å². The van der Waals surface area contributed by atoms with Gasteiger partial charge in [-0.15, -0.1) is 0 Å². The highest BCUT2D eigenvalue weighted by atomic mass is 28.2. The molecule has 5 heavy (non-hydrogen) atoms. The number of hydrogen-bond donors (Lipinski definition) is 2. The van der Waals surface area contributed by atoms with Crippen molar-refractivity contribution in [3.05, 3.63) is 0 Å². The summed E-state index contributed by atoms with van der Waals surface area (Å²) in [6.45, 7) is 0. The topological polar surface area (TPSA) is 63.3 Å². The third kappa shape index (κ3) is 3.65. The Morgan fingerprint density at radius 3 is 2.20 bits per heavy atom. The summed E-state index contributed by atoms with van der Waals surface area (Å²) in [5.74, 6) is 0. The first-order chi connectivity index (χ1) is 2.27. The lowest BCUT2D eigenvalue weighted by atomic mass is 11.4. The van der Waals surface area contributed by atoms with E-state index < -0.39 is 15.3 Å². The number of nitrogens with two attached hydrogens (primary N) is 1. The Morgan fingerprint density at radius 1 is 2.00 bits per heavy atom. The van der Waals surface area contributed by atoms with Gasteiger partial charge in [0, 0.05) is 0 Å². The molecule has 0 aromatic carbocycles. The van der Waals surface area contributed by atoms with Gasteiger partial charge in [-0.1, -0.05) is 0 Å². The fourth-order valence-corrected chi connectivity index (χ4v) is 0. The lowest BCUT2D eigenvalue weighted by molar-refractivity contribution is 0.263. The Labute approximate surface area is 31.7 Å². The molecule has 0 fully saturated rings. The van der Waals surface area contributed by atoms with Crippen LogP contribution in [0.15, 0.2) is 0 Å². The van der Waals surface area contributed by atoms with E-state index >= 15 is 0 Å². The number of amides is 1. The molecule has 1 amide bonds. The zero-order valence-corrected chi connectivity index (χ0v) is 3.43. The summed E-state index contributed by atoms with van der Waals surface area (Å²) in [7, 11) is -0.747. The van der Waals surface area contributed by atoms with Gasteiger partial charge < -0.3 is 10.5 Å². The summed E-state index contributed by atoms with van der Waals surface area (Å²) < 4.78 is 0. The lowest BCUT2D eigenvalue weighted by Crippen LogP contribution is -2.15. The van der Waals surface area contributed by atoms with Crippen LogP contribution >= 0.6 is 0 Å². The van der Waals surface area contributed by atoms with Crippen molar-refractivity contribution >= 4 is 15.3 Å². The van der Waals surface area contributed by atoms with Crippen molar-refractivity contribution in [2.75, 3.05) is 0 Å². The van der Waals surface area contributed by atoms with Gasteiger partial charge in [-0.3, -0.25) is 4.79 Å². The minimum absolute atomic E-state index is 0.662. The molecule has 0 heterocycles. The molecule has 0 saturated carbocycles. The maximum absolute atomic E-state index is 9.35. The molecule has 0 aliphatic rings. The van der Waals surface area contributed by atoms with Crippen molar-refractivity contribution < 1.29 is 9.59 Å². The van der Waals surface area contributed by atoms with Crippen LogP contribution in [-0.4, -0.2) is 20.1 Å². The summed E-state index contributed by atoms with van der Waals surface area (Å²) in [4.78, 5) is 17.0. The second-order valence-corrected chi connectivity index (χ2v) is 1.19. The molecule has 28 valence electrons. The fraction of sp³-hybridized carbons (Fsp3) is 0. The monoisotopic (exact) mass is 89.0 g/mol. The number of primary amides is 1. The van der Waals surface area contributed by atoms with Crippen LogP contribution in [0.5, 0.6) is 0 Å². The van der Waals surface area contributed by atoms with Gasteiger partial charge in [-0.05, 0) is 0 Å². The molecule has 0 aromatic heterocycles. The number of carbonyl (C=O) groups is 1. The minimum Gasteiger partial charge on any atom is -0.424 e. The molecular weight excluding hydrogens is 86.1 g/mol. The maximum atomic E-state index is 9.35. The molecule has 0 atom stereocenters. The van der Waals surface area contributed by atoms with Crippen molar-refractivity contribution in [1.82, 2.24) is 0 Å². The van der Waals surface area contributed by atoms with E-state index in [9.17, 15) is 4.79 Å². The molecule has 3 N–H and O–H groups in total. The first-order valence-electron chi connectivity index (χ1n) is 0.966. The van der Waals surface area contributed by atoms with Crippen LogP contribution in [0.3, 0.4) is 0 Å². The Hall–Kier alpha value is -0.353. The van der Waals surface area contributed by atoms with Crippen molar-refractivity contribution in [1.29, 1.82) is 0 Å². The van der Waals surface area contributed by atoms with Crippen molar-refractivity contribution in [2.45, 2.75) is 0 Å². The van der Waals surface area contributed by atoms with Gasteiger partial charge in [0.1, 0.15) is 0 Å². The summed E-state index contributed by atoms with van der Waals surface area (Å²) in [6, 6.07) is 0. The molecule has 3 nitrogen and oxygen atoms in total. The average molecular weight is 89.1 g/mol. The van der Waals surface area contributed by atoms with Crippen molar-refractivity contribution in [3.8, 4) is 0 Å². The standard InChI is InChI=1S/CH3NO2Si/c2-1(3)5-4/h4H,(H2,2,3). The van der Waals surface area contributed by atoms with E-state index in [1.807, 2.05) is 0 Å². The second kappa shape index (κ2) is 1.92. The van der Waals surface area contributed by atoms with Gasteiger partial charge in [0.25, 0.3) is 0 Å². The highest BCUT2D eigenvalue weighted by Crippen LogP contribution is 1.45. The quantitative estimate of drug-likeness (QED) is 0.391. The van der Waals surface area contributed by atoms with E-state index in [1.54, 1.807) is 0 Å². The molecule has 0 bridgehead atoms. The highest BCUT2D eigenvalue weighted by molar-refractivity contribution is 6.67. The maximum Gasteiger partial charge on any atom is 0.344 e. The zero-order valence-electron chi connectivity index (χ0n) is 2.43. The molecule has 4 heteroatoms. The van der Waals surface area contributed by atoms with E-state index in [0.717, 1.165) is 0 Å². The van der Waals surface area contributed by atoms with Gasteiger partial charge in [0.15, 0.2) is 0 Å². The van der Waals surface area contributed by atoms with E-state index in [4.69, 9.17) is 4.80 Å². The molecule has 0 rings (SSSR count). The predicted octanol–water partition coefficient (Wildman–Crippen LogP) is -1.32. The minimum atomic E-state index is -0.747. The van der Waals surface area contributed by atoms with Crippen molar-refractivity contribution in [2.24, 2.45) is 5.73 Å². The molecule has 0 aliphatic carbocycles. The molecule has 0 saturated heterocycles. The molecule has 0 spiro atoms. The van der Waals surface area contributed by atoms with Gasteiger partial charge in [-0.2, -0.15) is 0 Å². The first kappa shape index (κ1) is 4.65. The van der Waals surface area contributed by atoms with Crippen molar-refractivity contribution in [3.63, 3.8) is 0 Å². The molecular formula is CH3NO2Si. The van der Waals surface area contributed by atoms with E-state index in [0.29, 0.717) is 0 Å². The summed E-state index contributed by atoms with van der Waals surface area (Å²) in [6.07, 6.45) is 0. The molecule has 0 aromatic rings. The van der Waals surface area contributed by atoms with Crippen LogP contribution in [0.2, 0.25) is 0 Å². The van der Waals surface area contributed by atoms with E-state index in [2.05, 4.69) is 5.73 Å². The van der Waals surface area contributed by atoms with Crippen LogP contribution in [0.25, 0.3) is 0 Å². The van der Waals surface area contributed by atoms with Crippen LogP contribution < -0.4 is 5.73 Å². The van der Waals surface area contributed by atoms with Gasteiger partial charge in [-0.25, -0.2) is 0 Å². The lowest BCUT2D eigenvalue weighted by Gasteiger charge is -1.69. The predicted molar refractivity (Wildman–Crippen MR) is 17.6 cm³/mol. The summed E-state index contributed by atoms with van der Waals surface area (Å²) in [5.41, 5.74) is 3.75. The Balaban J connectivity index is 2.85. The van der Waals surface area contributed by atoms with Gasteiger partial charge in [0.2, 0.25) is 5.53 Å². The highest BCUT2D eigenvalue weighted by Gasteiger charge is 1.85. The first-order valence-corrected chi connectivity index (χ1v) is 1.91.